The van der Waals surface area contributed by atoms with Crippen LogP contribution in [-0.2, 0) is 6.54 Å². The van der Waals surface area contributed by atoms with Crippen LogP contribution in [0.3, 0.4) is 0 Å². The number of hydrogen-bond donors (Lipinski definition) is 1. The fourth-order valence-electron chi connectivity index (χ4n) is 1.67. The molecule has 0 radical (unpaired) electrons. The maximum atomic E-state index is 5.78. The van der Waals surface area contributed by atoms with E-state index in [9.17, 15) is 0 Å². The summed E-state index contributed by atoms with van der Waals surface area (Å²) < 4.78 is 6.94. The Morgan fingerprint density at radius 3 is 2.94 bits per heavy atom. The lowest BCUT2D eigenvalue weighted by atomic mass is 10.2. The third-order valence-electron chi connectivity index (χ3n) is 2.94. The molecule has 0 aromatic heterocycles. The molecule has 0 aliphatic heterocycles. The molecular weight excluding hydrogens is 278 g/mol. The summed E-state index contributed by atoms with van der Waals surface area (Å²) in [4.78, 5) is 0. The zero-order valence-corrected chi connectivity index (χ0v) is 11.9. The standard InChI is InChI=1S/C14H20BrNO/c1-2-7-16-9-12-8-13(5-6-14(12)15)17-10-11-3-4-11/h5-6,8,11,16H,2-4,7,9-10H2,1H3. The van der Waals surface area contributed by atoms with Gasteiger partial charge in [0, 0.05) is 11.0 Å². The fraction of sp³-hybridized carbons (Fsp3) is 0.571. The molecule has 94 valence electrons. The maximum Gasteiger partial charge on any atom is 0.119 e. The molecule has 1 aliphatic carbocycles. The van der Waals surface area contributed by atoms with E-state index in [2.05, 4.69) is 40.3 Å². The van der Waals surface area contributed by atoms with Crippen LogP contribution in [0.1, 0.15) is 31.7 Å². The van der Waals surface area contributed by atoms with Gasteiger partial charge in [0.1, 0.15) is 5.75 Å². The second-order valence-electron chi connectivity index (χ2n) is 4.68. The van der Waals surface area contributed by atoms with Crippen molar-refractivity contribution < 1.29 is 4.74 Å². The van der Waals surface area contributed by atoms with Crippen LogP contribution in [0, 0.1) is 5.92 Å². The number of rotatable bonds is 7. The zero-order chi connectivity index (χ0) is 12.1. The predicted octanol–water partition coefficient (Wildman–Crippen LogP) is 3.74. The van der Waals surface area contributed by atoms with Crippen molar-refractivity contribution in [1.29, 1.82) is 0 Å². The van der Waals surface area contributed by atoms with Gasteiger partial charge in [-0.15, -0.1) is 0 Å². The molecule has 1 aromatic carbocycles. The third kappa shape index (κ3) is 4.32. The number of benzene rings is 1. The molecule has 1 saturated carbocycles. The van der Waals surface area contributed by atoms with E-state index in [1.54, 1.807) is 0 Å². The van der Waals surface area contributed by atoms with Crippen molar-refractivity contribution in [3.8, 4) is 5.75 Å². The number of nitrogens with one attached hydrogen (secondary N) is 1. The maximum absolute atomic E-state index is 5.78. The lowest BCUT2D eigenvalue weighted by molar-refractivity contribution is 0.299. The first-order chi connectivity index (χ1) is 8.29. The predicted molar refractivity (Wildman–Crippen MR) is 74.4 cm³/mol. The van der Waals surface area contributed by atoms with Crippen LogP contribution in [0.2, 0.25) is 0 Å². The fourth-order valence-corrected chi connectivity index (χ4v) is 2.06. The summed E-state index contributed by atoms with van der Waals surface area (Å²) in [7, 11) is 0. The molecule has 0 spiro atoms. The molecule has 0 unspecified atom stereocenters. The normalized spacial score (nSPS) is 14.9. The smallest absolute Gasteiger partial charge is 0.119 e. The first kappa shape index (κ1) is 12.9. The van der Waals surface area contributed by atoms with E-state index in [1.165, 1.54) is 18.4 Å². The first-order valence-corrected chi connectivity index (χ1v) is 7.21. The van der Waals surface area contributed by atoms with E-state index in [4.69, 9.17) is 4.74 Å². The van der Waals surface area contributed by atoms with Crippen LogP contribution in [0.25, 0.3) is 0 Å². The molecule has 0 atom stereocenters. The summed E-state index contributed by atoms with van der Waals surface area (Å²) in [5, 5.41) is 3.41. The van der Waals surface area contributed by atoms with Gasteiger partial charge >= 0.3 is 0 Å². The molecule has 17 heavy (non-hydrogen) atoms. The van der Waals surface area contributed by atoms with Gasteiger partial charge in [-0.1, -0.05) is 22.9 Å². The molecule has 0 saturated heterocycles. The van der Waals surface area contributed by atoms with Crippen LogP contribution < -0.4 is 10.1 Å². The van der Waals surface area contributed by atoms with Gasteiger partial charge in [-0.25, -0.2) is 0 Å². The van der Waals surface area contributed by atoms with Gasteiger partial charge in [0.05, 0.1) is 6.61 Å². The topological polar surface area (TPSA) is 21.3 Å². The summed E-state index contributed by atoms with van der Waals surface area (Å²) in [6, 6.07) is 6.25. The lowest BCUT2D eigenvalue weighted by Gasteiger charge is -2.10. The van der Waals surface area contributed by atoms with Crippen LogP contribution >= 0.6 is 15.9 Å². The van der Waals surface area contributed by atoms with Gasteiger partial charge in [-0.3, -0.25) is 0 Å². The van der Waals surface area contributed by atoms with Gasteiger partial charge in [0.15, 0.2) is 0 Å². The van der Waals surface area contributed by atoms with Gasteiger partial charge in [-0.05, 0) is 55.5 Å². The highest BCUT2D eigenvalue weighted by molar-refractivity contribution is 9.10. The zero-order valence-electron chi connectivity index (χ0n) is 10.3. The molecule has 1 N–H and O–H groups in total. The highest BCUT2D eigenvalue weighted by atomic mass is 79.9. The Morgan fingerprint density at radius 2 is 2.24 bits per heavy atom. The SMILES string of the molecule is CCCNCc1cc(OCC2CC2)ccc1Br. The Kier molecular flexibility index (Phi) is 4.86. The van der Waals surface area contributed by atoms with E-state index in [1.807, 2.05) is 6.07 Å². The van der Waals surface area contributed by atoms with Crippen LogP contribution in [0.15, 0.2) is 22.7 Å². The van der Waals surface area contributed by atoms with Crippen molar-refractivity contribution in [2.45, 2.75) is 32.7 Å². The molecule has 0 bridgehead atoms. The van der Waals surface area contributed by atoms with E-state index in [0.717, 1.165) is 42.3 Å². The molecule has 3 heteroatoms. The monoisotopic (exact) mass is 297 g/mol. The Morgan fingerprint density at radius 1 is 1.41 bits per heavy atom. The molecule has 1 fully saturated rings. The van der Waals surface area contributed by atoms with E-state index in [0.29, 0.717) is 0 Å². The van der Waals surface area contributed by atoms with Crippen LogP contribution in [0.5, 0.6) is 5.75 Å². The molecule has 1 aromatic rings. The molecular formula is C14H20BrNO. The second kappa shape index (κ2) is 6.41. The van der Waals surface area contributed by atoms with Gasteiger partial charge < -0.3 is 10.1 Å². The van der Waals surface area contributed by atoms with Gasteiger partial charge in [0.25, 0.3) is 0 Å². The van der Waals surface area contributed by atoms with Crippen molar-refractivity contribution in [2.75, 3.05) is 13.2 Å². The third-order valence-corrected chi connectivity index (χ3v) is 3.72. The summed E-state index contributed by atoms with van der Waals surface area (Å²) in [5.74, 6) is 1.80. The van der Waals surface area contributed by atoms with Crippen molar-refractivity contribution in [2.24, 2.45) is 5.92 Å². The van der Waals surface area contributed by atoms with Gasteiger partial charge in [0.2, 0.25) is 0 Å². The highest BCUT2D eigenvalue weighted by Gasteiger charge is 2.21. The summed E-state index contributed by atoms with van der Waals surface area (Å²) in [6.45, 7) is 5.01. The summed E-state index contributed by atoms with van der Waals surface area (Å²) in [6.07, 6.45) is 3.83. The van der Waals surface area contributed by atoms with E-state index >= 15 is 0 Å². The minimum Gasteiger partial charge on any atom is -0.493 e. The van der Waals surface area contributed by atoms with E-state index in [-0.39, 0.29) is 0 Å². The minimum atomic E-state index is 0.806. The summed E-state index contributed by atoms with van der Waals surface area (Å²) in [5.41, 5.74) is 1.27. The van der Waals surface area contributed by atoms with Crippen molar-refractivity contribution >= 4 is 15.9 Å². The van der Waals surface area contributed by atoms with E-state index < -0.39 is 0 Å². The minimum absolute atomic E-state index is 0.806. The molecule has 1 aliphatic rings. The average molecular weight is 298 g/mol. The van der Waals surface area contributed by atoms with Crippen molar-refractivity contribution in [3.63, 3.8) is 0 Å². The van der Waals surface area contributed by atoms with Crippen molar-refractivity contribution in [1.82, 2.24) is 5.32 Å². The Hall–Kier alpha value is -0.540. The van der Waals surface area contributed by atoms with Crippen LogP contribution in [0.4, 0.5) is 0 Å². The molecule has 0 amide bonds. The Bertz CT molecular complexity index is 363. The quantitative estimate of drug-likeness (QED) is 0.774. The van der Waals surface area contributed by atoms with Crippen LogP contribution in [-0.4, -0.2) is 13.2 Å². The molecule has 2 nitrogen and oxygen atoms in total. The highest BCUT2D eigenvalue weighted by Crippen LogP contribution is 2.30. The Balaban J connectivity index is 1.90. The summed E-state index contributed by atoms with van der Waals surface area (Å²) >= 11 is 3.58. The second-order valence-corrected chi connectivity index (χ2v) is 5.54. The first-order valence-electron chi connectivity index (χ1n) is 6.41. The van der Waals surface area contributed by atoms with Crippen molar-refractivity contribution in [3.05, 3.63) is 28.2 Å². The molecule has 2 rings (SSSR count). The Labute approximate surface area is 112 Å². The number of halogens is 1. The largest absolute Gasteiger partial charge is 0.493 e. The molecule has 0 heterocycles. The number of hydrogen-bond acceptors (Lipinski definition) is 2. The average Bonchev–Trinajstić information content (AvgIpc) is 3.14. The van der Waals surface area contributed by atoms with Gasteiger partial charge in [-0.2, -0.15) is 0 Å². The lowest BCUT2D eigenvalue weighted by Crippen LogP contribution is -2.14. The number of ether oxygens (including phenoxy) is 1.